The topological polar surface area (TPSA) is 40.7 Å². The van der Waals surface area contributed by atoms with Gasteiger partial charge in [-0.05, 0) is 17.7 Å². The molecule has 2 rings (SSSR count). The van der Waals surface area contributed by atoms with Crippen molar-refractivity contribution in [2.75, 3.05) is 6.54 Å². The predicted octanol–water partition coefficient (Wildman–Crippen LogP) is 1.68. The predicted molar refractivity (Wildman–Crippen MR) is 61.3 cm³/mol. The molecule has 0 amide bonds. The Hall–Kier alpha value is -1.79. The van der Waals surface area contributed by atoms with E-state index in [4.69, 9.17) is 6.42 Å². The molecule has 0 spiro atoms. The lowest BCUT2D eigenvalue weighted by atomic mass is 10.2. The Morgan fingerprint density at radius 2 is 2.47 bits per heavy atom. The average molecular weight is 199 g/mol. The van der Waals surface area contributed by atoms with E-state index >= 15 is 0 Å². The van der Waals surface area contributed by atoms with E-state index in [-0.39, 0.29) is 0 Å². The van der Waals surface area contributed by atoms with E-state index in [0.717, 1.165) is 25.2 Å². The van der Waals surface area contributed by atoms with Crippen LogP contribution in [0.25, 0.3) is 11.0 Å². The fourth-order valence-corrected chi connectivity index (χ4v) is 1.54. The molecule has 0 radical (unpaired) electrons. The van der Waals surface area contributed by atoms with E-state index in [2.05, 4.69) is 27.3 Å². The van der Waals surface area contributed by atoms with Crippen LogP contribution in [0.3, 0.4) is 0 Å². The minimum Gasteiger partial charge on any atom is -0.346 e. The molecule has 3 nitrogen and oxygen atoms in total. The van der Waals surface area contributed by atoms with Gasteiger partial charge in [-0.1, -0.05) is 0 Å². The van der Waals surface area contributed by atoms with Gasteiger partial charge in [-0.25, -0.2) is 4.98 Å². The Kier molecular flexibility index (Phi) is 3.01. The highest BCUT2D eigenvalue weighted by atomic mass is 14.9. The molecule has 0 aromatic carbocycles. The Bertz CT molecular complexity index is 479. The van der Waals surface area contributed by atoms with Gasteiger partial charge in [-0.2, -0.15) is 0 Å². The van der Waals surface area contributed by atoms with Gasteiger partial charge in [-0.3, -0.25) is 0 Å². The fraction of sp³-hybridized carbons (Fsp3) is 0.250. The molecular weight excluding hydrogens is 186 g/mol. The van der Waals surface area contributed by atoms with Gasteiger partial charge < -0.3 is 10.3 Å². The van der Waals surface area contributed by atoms with Crippen molar-refractivity contribution < 1.29 is 0 Å². The summed E-state index contributed by atoms with van der Waals surface area (Å²) in [5.74, 6) is 2.60. The third-order valence-corrected chi connectivity index (χ3v) is 2.30. The highest BCUT2D eigenvalue weighted by Crippen LogP contribution is 2.14. The molecule has 2 aromatic rings. The molecule has 0 fully saturated rings. The third-order valence-electron chi connectivity index (χ3n) is 2.30. The number of aromatic nitrogens is 2. The van der Waals surface area contributed by atoms with Crippen molar-refractivity contribution in [2.45, 2.75) is 13.0 Å². The lowest BCUT2D eigenvalue weighted by Crippen LogP contribution is -2.13. The maximum atomic E-state index is 5.17. The second-order valence-electron chi connectivity index (χ2n) is 3.34. The normalized spacial score (nSPS) is 10.3. The molecule has 0 saturated carbocycles. The second-order valence-corrected chi connectivity index (χ2v) is 3.34. The standard InChI is InChI=1S/C12H13N3/c1-2-3-6-13-8-10-9-15-12-11(10)5-4-7-14-12/h1,4-5,7,9,13H,3,6,8H2,(H,14,15). The molecule has 0 bridgehead atoms. The number of nitrogens with one attached hydrogen (secondary N) is 2. The number of hydrogen-bond acceptors (Lipinski definition) is 2. The SMILES string of the molecule is C#CCCNCc1c[nH]c2ncccc12. The molecule has 0 saturated heterocycles. The van der Waals surface area contributed by atoms with Crippen molar-refractivity contribution in [2.24, 2.45) is 0 Å². The lowest BCUT2D eigenvalue weighted by molar-refractivity contribution is 0.704. The summed E-state index contributed by atoms with van der Waals surface area (Å²) < 4.78 is 0. The van der Waals surface area contributed by atoms with E-state index in [0.29, 0.717) is 0 Å². The first kappa shape index (κ1) is 9.75. The number of aromatic amines is 1. The third kappa shape index (κ3) is 2.17. The lowest BCUT2D eigenvalue weighted by Gasteiger charge is -2.00. The van der Waals surface area contributed by atoms with Crippen molar-refractivity contribution in [3.63, 3.8) is 0 Å². The largest absolute Gasteiger partial charge is 0.346 e. The summed E-state index contributed by atoms with van der Waals surface area (Å²) in [6.07, 6.45) is 9.71. The smallest absolute Gasteiger partial charge is 0.137 e. The van der Waals surface area contributed by atoms with Crippen LogP contribution < -0.4 is 5.32 Å². The fourth-order valence-electron chi connectivity index (χ4n) is 1.54. The number of rotatable bonds is 4. The number of H-pyrrole nitrogens is 1. The summed E-state index contributed by atoms with van der Waals surface area (Å²) >= 11 is 0. The van der Waals surface area contributed by atoms with Gasteiger partial charge in [0, 0.05) is 37.3 Å². The van der Waals surface area contributed by atoms with Crippen LogP contribution in [0.15, 0.2) is 24.5 Å². The molecule has 15 heavy (non-hydrogen) atoms. The van der Waals surface area contributed by atoms with E-state index in [1.807, 2.05) is 12.3 Å². The zero-order valence-corrected chi connectivity index (χ0v) is 8.46. The number of fused-ring (bicyclic) bond motifs is 1. The summed E-state index contributed by atoms with van der Waals surface area (Å²) in [6.45, 7) is 1.68. The van der Waals surface area contributed by atoms with Crippen molar-refractivity contribution in [3.05, 3.63) is 30.1 Å². The zero-order valence-electron chi connectivity index (χ0n) is 8.46. The second kappa shape index (κ2) is 4.63. The number of terminal acetylenes is 1. The molecule has 76 valence electrons. The van der Waals surface area contributed by atoms with Gasteiger partial charge in [0.25, 0.3) is 0 Å². The van der Waals surface area contributed by atoms with Crippen molar-refractivity contribution in [3.8, 4) is 12.3 Å². The van der Waals surface area contributed by atoms with Gasteiger partial charge in [0.1, 0.15) is 5.65 Å². The Labute approximate surface area is 88.9 Å². The summed E-state index contributed by atoms with van der Waals surface area (Å²) in [5, 5.41) is 4.46. The Morgan fingerprint density at radius 1 is 1.53 bits per heavy atom. The van der Waals surface area contributed by atoms with E-state index in [1.54, 1.807) is 6.20 Å². The number of hydrogen-bond donors (Lipinski definition) is 2. The number of nitrogens with zero attached hydrogens (tertiary/aromatic N) is 1. The van der Waals surface area contributed by atoms with Gasteiger partial charge in [-0.15, -0.1) is 12.3 Å². The zero-order chi connectivity index (χ0) is 10.5. The van der Waals surface area contributed by atoms with Gasteiger partial charge in [0.05, 0.1) is 0 Å². The van der Waals surface area contributed by atoms with Crippen molar-refractivity contribution >= 4 is 11.0 Å². The molecule has 2 heterocycles. The molecule has 0 aliphatic heterocycles. The molecule has 0 aliphatic carbocycles. The molecule has 0 atom stereocenters. The first-order valence-corrected chi connectivity index (χ1v) is 4.97. The highest BCUT2D eigenvalue weighted by Gasteiger charge is 2.02. The average Bonchev–Trinajstić information content (AvgIpc) is 2.68. The Balaban J connectivity index is 2.05. The summed E-state index contributed by atoms with van der Waals surface area (Å²) in [4.78, 5) is 7.37. The minimum atomic E-state index is 0.764. The van der Waals surface area contributed by atoms with E-state index in [1.165, 1.54) is 10.9 Å². The molecule has 0 aliphatic rings. The highest BCUT2D eigenvalue weighted by molar-refractivity contribution is 5.79. The van der Waals surface area contributed by atoms with Crippen LogP contribution in [-0.2, 0) is 6.54 Å². The van der Waals surface area contributed by atoms with E-state index < -0.39 is 0 Å². The summed E-state index contributed by atoms with van der Waals surface area (Å²) in [5.41, 5.74) is 2.17. The van der Waals surface area contributed by atoms with Crippen LogP contribution in [0.2, 0.25) is 0 Å². The van der Waals surface area contributed by atoms with Crippen LogP contribution in [0.4, 0.5) is 0 Å². The molecule has 2 N–H and O–H groups in total. The van der Waals surface area contributed by atoms with E-state index in [9.17, 15) is 0 Å². The van der Waals surface area contributed by atoms with Gasteiger partial charge in [0.15, 0.2) is 0 Å². The van der Waals surface area contributed by atoms with Crippen LogP contribution in [0, 0.1) is 12.3 Å². The molecular formula is C12H13N3. The quantitative estimate of drug-likeness (QED) is 0.581. The van der Waals surface area contributed by atoms with Crippen LogP contribution in [0.5, 0.6) is 0 Å². The maximum absolute atomic E-state index is 5.17. The monoisotopic (exact) mass is 199 g/mol. The van der Waals surface area contributed by atoms with Crippen LogP contribution in [0.1, 0.15) is 12.0 Å². The molecule has 2 aromatic heterocycles. The first-order chi connectivity index (χ1) is 7.42. The van der Waals surface area contributed by atoms with Gasteiger partial charge in [0.2, 0.25) is 0 Å². The molecule has 3 heteroatoms. The van der Waals surface area contributed by atoms with Crippen LogP contribution in [-0.4, -0.2) is 16.5 Å². The van der Waals surface area contributed by atoms with Crippen molar-refractivity contribution in [1.82, 2.24) is 15.3 Å². The minimum absolute atomic E-state index is 0.764. The van der Waals surface area contributed by atoms with Crippen molar-refractivity contribution in [1.29, 1.82) is 0 Å². The van der Waals surface area contributed by atoms with Crippen LogP contribution >= 0.6 is 0 Å². The Morgan fingerprint density at radius 3 is 3.33 bits per heavy atom. The summed E-state index contributed by atoms with van der Waals surface area (Å²) in [6, 6.07) is 4.01. The number of pyridine rings is 1. The first-order valence-electron chi connectivity index (χ1n) is 4.97. The molecule has 0 unspecified atom stereocenters. The maximum Gasteiger partial charge on any atom is 0.137 e. The van der Waals surface area contributed by atoms with Gasteiger partial charge >= 0.3 is 0 Å². The summed E-state index contributed by atoms with van der Waals surface area (Å²) in [7, 11) is 0.